The van der Waals surface area contributed by atoms with E-state index >= 15 is 0 Å². The Morgan fingerprint density at radius 3 is 2.54 bits per heavy atom. The normalized spacial score (nSPS) is 11.4. The minimum absolute atomic E-state index is 0.0300. The number of nitrogens with one attached hydrogen (secondary N) is 1. The molecule has 0 aliphatic carbocycles. The number of carbonyl (C=O) groups excluding carboxylic acids is 1. The average Bonchev–Trinajstić information content (AvgIpc) is 3.03. The molecule has 2 aromatic rings. The van der Waals surface area contributed by atoms with Gasteiger partial charge in [-0.2, -0.15) is 18.8 Å². The van der Waals surface area contributed by atoms with Crippen molar-refractivity contribution in [1.82, 2.24) is 20.7 Å². The van der Waals surface area contributed by atoms with Gasteiger partial charge >= 0.3 is 17.3 Å². The Hall–Kier alpha value is -2.30. The number of alkyl halides is 3. The van der Waals surface area contributed by atoms with Gasteiger partial charge in [-0.05, 0) is 17.2 Å². The van der Waals surface area contributed by atoms with E-state index in [1.165, 1.54) is 14.2 Å². The topological polar surface area (TPSA) is 89.7 Å². The number of carbonyl (C=O) groups is 1. The van der Waals surface area contributed by atoms with Gasteiger partial charge in [-0.25, -0.2) is 10.3 Å². The Morgan fingerprint density at radius 2 is 2.04 bits per heavy atom. The number of benzene rings is 1. The molecule has 8 nitrogen and oxygen atoms in total. The smallest absolute Gasteiger partial charge is 0.331 e. The third-order valence-electron chi connectivity index (χ3n) is 2.84. The Kier molecular flexibility index (Phi) is 5.65. The fraction of sp³-hybridized carbons (Fsp3) is 0.308. The maximum atomic E-state index is 12.9. The zero-order valence-corrected chi connectivity index (χ0v) is 13.4. The highest BCUT2D eigenvalue weighted by molar-refractivity contribution is 6.21. The monoisotopic (exact) mass is 362 g/mol. The van der Waals surface area contributed by atoms with Gasteiger partial charge in [-0.3, -0.25) is 9.68 Å². The molecule has 0 aliphatic heterocycles. The molecule has 0 saturated carbocycles. The quantitative estimate of drug-likeness (QED) is 0.627. The van der Waals surface area contributed by atoms with E-state index in [2.05, 4.69) is 25.0 Å². The highest BCUT2D eigenvalue weighted by atomic mass is 35.5. The number of nitrogens with zero attached hydrogens (tertiary/aromatic N) is 3. The maximum Gasteiger partial charge on any atom is 0.400 e. The first-order chi connectivity index (χ1) is 11.3. The number of hydrogen-bond acceptors (Lipinski definition) is 6. The highest BCUT2D eigenvalue weighted by Gasteiger charge is 2.35. The second-order valence-corrected chi connectivity index (χ2v) is 4.92. The summed E-state index contributed by atoms with van der Waals surface area (Å²) in [5, 5.41) is 0.749. The van der Waals surface area contributed by atoms with Crippen LogP contribution in [0, 0.1) is 0 Å². The van der Waals surface area contributed by atoms with E-state index in [9.17, 15) is 13.6 Å². The molecule has 0 unspecified atom stereocenters. The largest absolute Gasteiger partial charge is 0.400 e. The molecule has 1 aromatic heterocycles. The lowest BCUT2D eigenvalue weighted by molar-refractivity contribution is -0.104. The van der Waals surface area contributed by atoms with E-state index in [1.54, 1.807) is 24.3 Å². The minimum atomic E-state index is -3.72. The molecule has 24 heavy (non-hydrogen) atoms. The van der Waals surface area contributed by atoms with Crippen molar-refractivity contribution in [2.24, 2.45) is 0 Å². The number of urea groups is 1. The summed E-state index contributed by atoms with van der Waals surface area (Å²) in [6.07, 6.45) is 0. The molecule has 0 fully saturated rings. The lowest BCUT2D eigenvalue weighted by Crippen LogP contribution is -2.38. The molecule has 1 N–H and O–H groups in total. The van der Waals surface area contributed by atoms with Gasteiger partial charge < -0.3 is 4.52 Å². The van der Waals surface area contributed by atoms with Crippen LogP contribution in [-0.2, 0) is 21.6 Å². The van der Waals surface area contributed by atoms with Crippen molar-refractivity contribution in [3.8, 4) is 11.4 Å². The molecule has 0 bridgehead atoms. The molecule has 0 saturated heterocycles. The standard InChI is InChI=1S/C13H13ClF2N4O4/c1-22-19-12(21)20(23-2)7-8-3-5-9(6-4-8)10-17-11(24-18-10)13(14,15)16/h3-6H,7H2,1-2H3,(H,19,21). The van der Waals surface area contributed by atoms with Crippen LogP contribution in [0.1, 0.15) is 11.5 Å². The molecule has 1 aromatic carbocycles. The summed E-state index contributed by atoms with van der Waals surface area (Å²) < 4.78 is 30.2. The van der Waals surface area contributed by atoms with Gasteiger partial charge in [-0.15, -0.1) is 0 Å². The zero-order chi connectivity index (χ0) is 17.7. The van der Waals surface area contributed by atoms with Crippen LogP contribution in [0.3, 0.4) is 0 Å². The van der Waals surface area contributed by atoms with Gasteiger partial charge in [0.05, 0.1) is 20.8 Å². The summed E-state index contributed by atoms with van der Waals surface area (Å²) in [5.74, 6) is -1.01. The van der Waals surface area contributed by atoms with Crippen LogP contribution in [0.25, 0.3) is 11.4 Å². The zero-order valence-electron chi connectivity index (χ0n) is 12.6. The number of halogens is 3. The molecule has 2 rings (SSSR count). The van der Waals surface area contributed by atoms with Gasteiger partial charge in [0, 0.05) is 5.56 Å². The molecule has 0 atom stereocenters. The summed E-state index contributed by atoms with van der Waals surface area (Å²) in [6.45, 7) is 0.128. The first kappa shape index (κ1) is 18.0. The molecular weight excluding hydrogens is 350 g/mol. The minimum Gasteiger partial charge on any atom is -0.331 e. The number of rotatable bonds is 6. The maximum absolute atomic E-state index is 12.9. The third kappa shape index (κ3) is 4.37. The van der Waals surface area contributed by atoms with E-state index < -0.39 is 17.3 Å². The van der Waals surface area contributed by atoms with Crippen LogP contribution < -0.4 is 5.48 Å². The van der Waals surface area contributed by atoms with E-state index in [4.69, 9.17) is 16.4 Å². The van der Waals surface area contributed by atoms with Gasteiger partial charge in [0.1, 0.15) is 0 Å². The van der Waals surface area contributed by atoms with Crippen LogP contribution in [0.4, 0.5) is 13.6 Å². The second kappa shape index (κ2) is 7.51. The highest BCUT2D eigenvalue weighted by Crippen LogP contribution is 2.32. The predicted octanol–water partition coefficient (Wildman–Crippen LogP) is 2.66. The van der Waals surface area contributed by atoms with Crippen molar-refractivity contribution >= 4 is 17.6 Å². The van der Waals surface area contributed by atoms with Crippen LogP contribution in [0.15, 0.2) is 28.8 Å². The fourth-order valence-electron chi connectivity index (χ4n) is 1.74. The van der Waals surface area contributed by atoms with Crippen molar-refractivity contribution in [2.45, 2.75) is 11.9 Å². The number of amides is 2. The Morgan fingerprint density at radius 1 is 1.38 bits per heavy atom. The molecule has 2 amide bonds. The second-order valence-electron chi connectivity index (χ2n) is 4.45. The van der Waals surface area contributed by atoms with Crippen LogP contribution >= 0.6 is 11.6 Å². The van der Waals surface area contributed by atoms with E-state index in [0.29, 0.717) is 11.1 Å². The summed E-state index contributed by atoms with van der Waals surface area (Å²) in [7, 11) is 2.63. The van der Waals surface area contributed by atoms with Crippen molar-refractivity contribution in [3.63, 3.8) is 0 Å². The van der Waals surface area contributed by atoms with Gasteiger partial charge in [0.25, 0.3) is 0 Å². The summed E-state index contributed by atoms with van der Waals surface area (Å²) in [4.78, 5) is 24.6. The third-order valence-corrected chi connectivity index (χ3v) is 3.00. The lowest BCUT2D eigenvalue weighted by atomic mass is 10.1. The van der Waals surface area contributed by atoms with Crippen LogP contribution in [0.5, 0.6) is 0 Å². The molecular formula is C13H13ClF2N4O4. The first-order valence-electron chi connectivity index (χ1n) is 6.50. The van der Waals surface area contributed by atoms with Gasteiger partial charge in [-0.1, -0.05) is 29.4 Å². The van der Waals surface area contributed by atoms with Crippen molar-refractivity contribution in [1.29, 1.82) is 0 Å². The molecule has 0 aliphatic rings. The van der Waals surface area contributed by atoms with Crippen molar-refractivity contribution in [3.05, 3.63) is 35.7 Å². The van der Waals surface area contributed by atoms with Gasteiger partial charge in [0.2, 0.25) is 5.82 Å². The SMILES string of the molecule is CONC(=O)N(Cc1ccc(-c2noc(C(F)(F)Cl)n2)cc1)OC. The number of hydrogen-bond donors (Lipinski definition) is 1. The average molecular weight is 363 g/mol. The molecule has 11 heteroatoms. The van der Waals surface area contributed by atoms with Crippen molar-refractivity contribution in [2.75, 3.05) is 14.2 Å². The van der Waals surface area contributed by atoms with E-state index in [-0.39, 0.29) is 12.4 Å². The number of aromatic nitrogens is 2. The summed E-state index contributed by atoms with van der Waals surface area (Å²) in [6, 6.07) is 5.87. The fourth-order valence-corrected chi connectivity index (χ4v) is 1.82. The van der Waals surface area contributed by atoms with Gasteiger partial charge in [0.15, 0.2) is 0 Å². The lowest BCUT2D eigenvalue weighted by Gasteiger charge is -2.19. The number of hydroxylamine groups is 3. The molecule has 130 valence electrons. The summed E-state index contributed by atoms with van der Waals surface area (Å²) in [5.41, 5.74) is 3.27. The Bertz CT molecular complexity index is 690. The van der Waals surface area contributed by atoms with Crippen LogP contribution in [0.2, 0.25) is 0 Å². The molecule has 1 heterocycles. The summed E-state index contributed by atoms with van der Waals surface area (Å²) >= 11 is 4.82. The Balaban J connectivity index is 2.10. The molecule has 0 radical (unpaired) electrons. The van der Waals surface area contributed by atoms with Crippen molar-refractivity contribution < 1.29 is 27.8 Å². The Labute approximate surface area is 140 Å². The van der Waals surface area contributed by atoms with E-state index in [1.807, 2.05) is 0 Å². The molecule has 0 spiro atoms. The van der Waals surface area contributed by atoms with E-state index in [0.717, 1.165) is 5.06 Å². The van der Waals surface area contributed by atoms with Crippen LogP contribution in [-0.4, -0.2) is 35.5 Å². The first-order valence-corrected chi connectivity index (χ1v) is 6.87. The predicted molar refractivity (Wildman–Crippen MR) is 77.6 cm³/mol.